The Kier molecular flexibility index (Phi) is 7.28. The summed E-state index contributed by atoms with van der Waals surface area (Å²) in [6, 6.07) is 5.79. The standard InChI is InChI=1S/C11H13ClN2.C4H4O4/c1-14-7-3-4-9(8-14)10-5-2-6-11(12)13-10;5-3(6)1-2-4(7)8/h2,4-6H,3,7-8H2,1H3;1-2H,(H,5,6)(H,7,8)/b;2-1-. The van der Waals surface area contributed by atoms with E-state index in [0.717, 1.165) is 18.7 Å². The van der Waals surface area contributed by atoms with Crippen LogP contribution in [0.3, 0.4) is 0 Å². The molecule has 0 aliphatic carbocycles. The van der Waals surface area contributed by atoms with Crippen LogP contribution in [0, 0.1) is 0 Å². The maximum Gasteiger partial charge on any atom is 0.328 e. The summed E-state index contributed by atoms with van der Waals surface area (Å²) in [4.78, 5) is 24.8. The molecule has 1 aromatic heterocycles. The molecule has 6 nitrogen and oxygen atoms in total. The molecule has 0 saturated heterocycles. The van der Waals surface area contributed by atoms with Crippen molar-refractivity contribution in [1.29, 1.82) is 0 Å². The molecule has 1 atom stereocenters. The summed E-state index contributed by atoms with van der Waals surface area (Å²) in [5.74, 6) is -2.80. The number of pyridine rings is 1. The summed E-state index contributed by atoms with van der Waals surface area (Å²) in [6.07, 6.45) is 4.35. The van der Waals surface area contributed by atoms with Gasteiger partial charge in [0.25, 0.3) is 0 Å². The van der Waals surface area contributed by atoms with E-state index in [1.807, 2.05) is 18.2 Å². The molecule has 7 heteroatoms. The topological polar surface area (TPSA) is 94.8 Å². The first-order valence-electron chi connectivity index (χ1n) is 6.63. The Bertz CT molecular complexity index is 583. The number of carboxylic acid groups (broad SMARTS) is 2. The van der Waals surface area contributed by atoms with E-state index in [-0.39, 0.29) is 0 Å². The number of hydrogen-bond acceptors (Lipinski definition) is 4. The summed E-state index contributed by atoms with van der Waals surface area (Å²) >= 11 is 5.86. The third-order valence-corrected chi connectivity index (χ3v) is 3.07. The molecule has 0 fully saturated rings. The summed E-state index contributed by atoms with van der Waals surface area (Å²) in [6.45, 7) is 2.26. The van der Waals surface area contributed by atoms with E-state index in [0.29, 0.717) is 17.3 Å². The number of carbonyl (C=O) groups is 2. The Morgan fingerprint density at radius 3 is 2.64 bits per heavy atom. The highest BCUT2D eigenvalue weighted by atomic mass is 35.5. The molecule has 1 unspecified atom stereocenters. The molecule has 1 aliphatic rings. The minimum Gasteiger partial charge on any atom is -0.545 e. The van der Waals surface area contributed by atoms with E-state index in [1.54, 1.807) is 0 Å². The molecule has 0 amide bonds. The van der Waals surface area contributed by atoms with Crippen LogP contribution < -0.4 is 10.0 Å². The molecule has 118 valence electrons. The Morgan fingerprint density at radius 1 is 1.41 bits per heavy atom. The Hall–Kier alpha value is -2.18. The van der Waals surface area contributed by atoms with Crippen molar-refractivity contribution in [2.24, 2.45) is 0 Å². The monoisotopic (exact) mass is 324 g/mol. The van der Waals surface area contributed by atoms with Gasteiger partial charge in [-0.1, -0.05) is 23.7 Å². The van der Waals surface area contributed by atoms with Crippen LogP contribution >= 0.6 is 11.6 Å². The Labute approximate surface area is 133 Å². The number of likely N-dealkylation sites (N-methyl/N-ethyl adjacent to an activating group) is 1. The summed E-state index contributed by atoms with van der Waals surface area (Å²) < 4.78 is 0. The van der Waals surface area contributed by atoms with Crippen LogP contribution in [0.5, 0.6) is 0 Å². The van der Waals surface area contributed by atoms with Crippen LogP contribution in [-0.2, 0) is 9.59 Å². The summed E-state index contributed by atoms with van der Waals surface area (Å²) in [5.41, 5.74) is 2.34. The number of rotatable bonds is 3. The van der Waals surface area contributed by atoms with Gasteiger partial charge < -0.3 is 19.9 Å². The molecule has 1 aliphatic heterocycles. The van der Waals surface area contributed by atoms with Gasteiger partial charge in [-0.15, -0.1) is 0 Å². The van der Waals surface area contributed by atoms with Gasteiger partial charge in [-0.05, 0) is 18.2 Å². The number of nitrogens with zero attached hydrogens (tertiary/aromatic N) is 1. The van der Waals surface area contributed by atoms with Crippen molar-refractivity contribution in [3.8, 4) is 0 Å². The van der Waals surface area contributed by atoms with Gasteiger partial charge in [0, 0.05) is 18.1 Å². The minimum absolute atomic E-state index is 0.447. The molecular formula is C15H17ClN2O4. The lowest BCUT2D eigenvalue weighted by atomic mass is 10.1. The predicted molar refractivity (Wildman–Crippen MR) is 80.2 cm³/mol. The first kappa shape index (κ1) is 17.9. The maximum atomic E-state index is 9.53. The lowest BCUT2D eigenvalue weighted by molar-refractivity contribution is -0.872. The number of halogens is 1. The van der Waals surface area contributed by atoms with Crippen molar-refractivity contribution in [2.75, 3.05) is 20.1 Å². The van der Waals surface area contributed by atoms with Crippen LogP contribution in [0.1, 0.15) is 12.1 Å². The van der Waals surface area contributed by atoms with Crippen LogP contribution in [0.2, 0.25) is 5.15 Å². The average molecular weight is 325 g/mol. The second-order valence-corrected chi connectivity index (χ2v) is 5.13. The molecular weight excluding hydrogens is 308 g/mol. The number of carboxylic acids is 2. The molecule has 2 rings (SSSR count). The molecule has 0 aromatic carbocycles. The normalized spacial score (nSPS) is 17.4. The lowest BCUT2D eigenvalue weighted by Crippen LogP contribution is -3.09. The van der Waals surface area contributed by atoms with E-state index < -0.39 is 11.9 Å². The maximum absolute atomic E-state index is 9.53. The zero-order valence-electron chi connectivity index (χ0n) is 12.1. The molecule has 0 spiro atoms. The molecule has 0 bridgehead atoms. The van der Waals surface area contributed by atoms with Gasteiger partial charge >= 0.3 is 5.97 Å². The van der Waals surface area contributed by atoms with Crippen molar-refractivity contribution in [3.05, 3.63) is 47.3 Å². The van der Waals surface area contributed by atoms with Gasteiger partial charge in [-0.25, -0.2) is 9.78 Å². The van der Waals surface area contributed by atoms with Crippen LogP contribution in [0.25, 0.3) is 5.57 Å². The van der Waals surface area contributed by atoms with Crippen molar-refractivity contribution in [1.82, 2.24) is 4.98 Å². The molecule has 0 radical (unpaired) electrons. The second-order valence-electron chi connectivity index (χ2n) is 4.74. The number of carbonyl (C=O) groups excluding carboxylic acids is 1. The average Bonchev–Trinajstić information content (AvgIpc) is 2.46. The van der Waals surface area contributed by atoms with Gasteiger partial charge in [0.15, 0.2) is 0 Å². The van der Waals surface area contributed by atoms with Crippen LogP contribution in [0.15, 0.2) is 36.4 Å². The Morgan fingerprint density at radius 2 is 2.14 bits per heavy atom. The minimum atomic E-state index is -1.51. The molecule has 2 N–H and O–H groups in total. The van der Waals surface area contributed by atoms with E-state index in [2.05, 4.69) is 18.1 Å². The fourth-order valence-electron chi connectivity index (χ4n) is 1.90. The van der Waals surface area contributed by atoms with Gasteiger partial charge in [0.2, 0.25) is 0 Å². The van der Waals surface area contributed by atoms with Gasteiger partial charge in [-0.3, -0.25) is 0 Å². The van der Waals surface area contributed by atoms with Gasteiger partial charge in [0.1, 0.15) is 11.7 Å². The zero-order chi connectivity index (χ0) is 16.5. The fourth-order valence-corrected chi connectivity index (χ4v) is 2.06. The predicted octanol–water partition coefficient (Wildman–Crippen LogP) is -0.586. The fraction of sp³-hybridized carbons (Fsp3) is 0.267. The van der Waals surface area contributed by atoms with E-state index in [9.17, 15) is 14.7 Å². The van der Waals surface area contributed by atoms with E-state index >= 15 is 0 Å². The third kappa shape index (κ3) is 7.01. The molecule has 2 heterocycles. The molecule has 1 aromatic rings. The first-order valence-corrected chi connectivity index (χ1v) is 7.01. The first-order chi connectivity index (χ1) is 10.4. The Balaban J connectivity index is 0.000000261. The highest BCUT2D eigenvalue weighted by Crippen LogP contribution is 2.15. The van der Waals surface area contributed by atoms with E-state index in [1.165, 1.54) is 17.0 Å². The number of aliphatic carboxylic acids is 2. The number of hydrogen-bond donors (Lipinski definition) is 2. The lowest BCUT2D eigenvalue weighted by Gasteiger charge is -2.19. The second kappa shape index (κ2) is 8.96. The third-order valence-electron chi connectivity index (χ3n) is 2.86. The molecule has 0 saturated carbocycles. The number of nitrogens with one attached hydrogen (secondary N) is 1. The van der Waals surface area contributed by atoms with Crippen molar-refractivity contribution in [3.63, 3.8) is 0 Å². The highest BCUT2D eigenvalue weighted by molar-refractivity contribution is 6.29. The van der Waals surface area contributed by atoms with Crippen molar-refractivity contribution >= 4 is 29.1 Å². The quantitative estimate of drug-likeness (QED) is 0.572. The SMILES string of the molecule is C[NH+]1CCC=C(c2cccc(Cl)n2)C1.O=C([O-])/C=C\C(=O)O. The zero-order valence-corrected chi connectivity index (χ0v) is 12.8. The highest BCUT2D eigenvalue weighted by Gasteiger charge is 2.14. The number of aromatic nitrogens is 1. The van der Waals surface area contributed by atoms with Crippen LogP contribution in [-0.4, -0.2) is 42.2 Å². The van der Waals surface area contributed by atoms with Gasteiger partial charge in [0.05, 0.1) is 25.3 Å². The molecule has 22 heavy (non-hydrogen) atoms. The van der Waals surface area contributed by atoms with Crippen molar-refractivity contribution in [2.45, 2.75) is 6.42 Å². The smallest absolute Gasteiger partial charge is 0.328 e. The van der Waals surface area contributed by atoms with Crippen molar-refractivity contribution < 1.29 is 24.7 Å². The van der Waals surface area contributed by atoms with E-state index in [4.69, 9.17) is 16.7 Å². The van der Waals surface area contributed by atoms with Gasteiger partial charge in [-0.2, -0.15) is 0 Å². The summed E-state index contributed by atoms with van der Waals surface area (Å²) in [7, 11) is 2.21. The van der Waals surface area contributed by atoms with Crippen LogP contribution in [0.4, 0.5) is 0 Å². The largest absolute Gasteiger partial charge is 0.545 e. The number of quaternary nitrogens is 1. The summed E-state index contributed by atoms with van der Waals surface area (Å²) in [5, 5.41) is 17.8.